The van der Waals surface area contributed by atoms with Gasteiger partial charge in [-0.05, 0) is 53.3 Å². The molecule has 0 saturated heterocycles. The fraction of sp³-hybridized carbons (Fsp3) is 0.259. The van der Waals surface area contributed by atoms with Crippen LogP contribution < -0.4 is 0 Å². The van der Waals surface area contributed by atoms with Gasteiger partial charge in [0.15, 0.2) is 5.78 Å². The van der Waals surface area contributed by atoms with Crippen molar-refractivity contribution in [3.8, 4) is 16.9 Å². The van der Waals surface area contributed by atoms with Crippen LogP contribution in [0.4, 0.5) is 0 Å². The maximum atomic E-state index is 12.6. The van der Waals surface area contributed by atoms with E-state index in [0.717, 1.165) is 21.6 Å². The molecule has 3 aromatic carbocycles. The normalized spacial score (nSPS) is 11.4. The smallest absolute Gasteiger partial charge is 0.335 e. The highest BCUT2D eigenvalue weighted by Crippen LogP contribution is 2.35. The molecule has 32 heavy (non-hydrogen) atoms. The Morgan fingerprint density at radius 2 is 1.59 bits per heavy atom. The number of hydrogen-bond donors (Lipinski definition) is 2. The zero-order chi connectivity index (χ0) is 23.5. The second kappa shape index (κ2) is 9.61. The van der Waals surface area contributed by atoms with Crippen molar-refractivity contribution in [1.82, 2.24) is 0 Å². The number of hydrogen-bond acceptors (Lipinski definition) is 4. The summed E-state index contributed by atoms with van der Waals surface area (Å²) in [6.07, 6.45) is 0.377. The predicted octanol–water partition coefficient (Wildman–Crippen LogP) is 6.98. The number of carboxylic acid groups (broad SMARTS) is 1. The van der Waals surface area contributed by atoms with E-state index >= 15 is 0 Å². The van der Waals surface area contributed by atoms with Crippen molar-refractivity contribution in [2.75, 3.05) is 0 Å². The Balaban J connectivity index is 1.77. The van der Waals surface area contributed by atoms with Gasteiger partial charge in [0.05, 0.1) is 11.1 Å². The number of aromatic hydroxyl groups is 1. The van der Waals surface area contributed by atoms with Gasteiger partial charge in [0.25, 0.3) is 0 Å². The van der Waals surface area contributed by atoms with Gasteiger partial charge in [-0.3, -0.25) is 4.79 Å². The summed E-state index contributed by atoms with van der Waals surface area (Å²) in [7, 11) is 0. The molecular formula is C27H28O4S. The molecule has 166 valence electrons. The number of carbonyl (C=O) groups is 2. The zero-order valence-electron chi connectivity index (χ0n) is 18.8. The molecule has 3 aromatic rings. The van der Waals surface area contributed by atoms with Gasteiger partial charge < -0.3 is 10.2 Å². The van der Waals surface area contributed by atoms with Crippen molar-refractivity contribution in [2.45, 2.75) is 44.8 Å². The van der Waals surface area contributed by atoms with E-state index in [1.165, 1.54) is 0 Å². The lowest BCUT2D eigenvalue weighted by Gasteiger charge is -2.18. The molecule has 0 atom stereocenters. The zero-order valence-corrected chi connectivity index (χ0v) is 19.6. The summed E-state index contributed by atoms with van der Waals surface area (Å²) in [6, 6.07) is 18.5. The molecule has 0 aliphatic carbocycles. The second-order valence-corrected chi connectivity index (χ2v) is 10.1. The maximum Gasteiger partial charge on any atom is 0.335 e. The highest BCUT2D eigenvalue weighted by molar-refractivity contribution is 7.98. The van der Waals surface area contributed by atoms with Gasteiger partial charge in [-0.1, -0.05) is 57.2 Å². The molecule has 0 aliphatic heterocycles. The minimum absolute atomic E-state index is 0.0501. The van der Waals surface area contributed by atoms with Crippen molar-refractivity contribution >= 4 is 23.5 Å². The van der Waals surface area contributed by atoms with E-state index in [4.69, 9.17) is 0 Å². The van der Waals surface area contributed by atoms with E-state index in [1.807, 2.05) is 64.1 Å². The van der Waals surface area contributed by atoms with Crippen molar-refractivity contribution in [3.05, 3.63) is 82.9 Å². The number of carboxylic acids is 1. The third kappa shape index (κ3) is 5.80. The standard InChI is InChI=1S/C27H28O4S/c1-17-24(12-11-22(25(17)29)23(28)15-27(2,3)4)32-16-18-7-5-8-19(13-18)20-9-6-10-21(14-20)26(30)31/h5-14,29H,15-16H2,1-4H3,(H,30,31). The fourth-order valence-corrected chi connectivity index (χ4v) is 4.45. The lowest BCUT2D eigenvalue weighted by molar-refractivity contribution is 0.0696. The molecule has 0 fully saturated rings. The summed E-state index contributed by atoms with van der Waals surface area (Å²) in [5, 5.41) is 19.9. The van der Waals surface area contributed by atoms with Gasteiger partial charge in [-0.2, -0.15) is 0 Å². The Hall–Kier alpha value is -3.05. The van der Waals surface area contributed by atoms with Crippen molar-refractivity contribution in [1.29, 1.82) is 0 Å². The van der Waals surface area contributed by atoms with Crippen molar-refractivity contribution in [2.24, 2.45) is 5.41 Å². The van der Waals surface area contributed by atoms with Gasteiger partial charge >= 0.3 is 5.97 Å². The Bertz CT molecular complexity index is 1160. The molecule has 0 aliphatic rings. The number of ketones is 1. The van der Waals surface area contributed by atoms with E-state index in [2.05, 4.69) is 0 Å². The molecule has 2 N–H and O–H groups in total. The predicted molar refractivity (Wildman–Crippen MR) is 130 cm³/mol. The van der Waals surface area contributed by atoms with Crippen LogP contribution in [0, 0.1) is 12.3 Å². The van der Waals surface area contributed by atoms with Crippen LogP contribution in [0.3, 0.4) is 0 Å². The number of phenols is 1. The minimum atomic E-state index is -0.946. The summed E-state index contributed by atoms with van der Waals surface area (Å²) >= 11 is 1.59. The summed E-state index contributed by atoms with van der Waals surface area (Å²) in [5.74, 6) is -0.255. The minimum Gasteiger partial charge on any atom is -0.507 e. The SMILES string of the molecule is Cc1c(SCc2cccc(-c3cccc(C(=O)O)c3)c2)ccc(C(=O)CC(C)(C)C)c1O. The lowest BCUT2D eigenvalue weighted by atomic mass is 9.87. The Morgan fingerprint density at radius 1 is 0.938 bits per heavy atom. The number of rotatable bonds is 7. The quantitative estimate of drug-likeness (QED) is 0.301. The Labute approximate surface area is 193 Å². The monoisotopic (exact) mass is 448 g/mol. The first-order valence-electron chi connectivity index (χ1n) is 10.5. The molecule has 4 nitrogen and oxygen atoms in total. The van der Waals surface area contributed by atoms with Crippen LogP contribution in [-0.2, 0) is 5.75 Å². The summed E-state index contributed by atoms with van der Waals surface area (Å²) in [6.45, 7) is 7.85. The van der Waals surface area contributed by atoms with Crippen LogP contribution >= 0.6 is 11.8 Å². The molecule has 0 unspecified atom stereocenters. The van der Waals surface area contributed by atoms with Crippen LogP contribution in [0.5, 0.6) is 5.75 Å². The van der Waals surface area contributed by atoms with Crippen molar-refractivity contribution in [3.63, 3.8) is 0 Å². The van der Waals surface area contributed by atoms with Crippen LogP contribution in [0.2, 0.25) is 0 Å². The third-order valence-corrected chi connectivity index (χ3v) is 6.37. The molecule has 5 heteroatoms. The number of phenolic OH excluding ortho intramolecular Hbond substituents is 1. The lowest BCUT2D eigenvalue weighted by Crippen LogP contribution is -2.13. The highest BCUT2D eigenvalue weighted by Gasteiger charge is 2.21. The first-order valence-corrected chi connectivity index (χ1v) is 11.4. The summed E-state index contributed by atoms with van der Waals surface area (Å²) in [5.41, 5.74) is 4.10. The molecule has 0 heterocycles. The van der Waals surface area contributed by atoms with E-state index in [9.17, 15) is 19.8 Å². The summed E-state index contributed by atoms with van der Waals surface area (Å²) in [4.78, 5) is 24.7. The fourth-order valence-electron chi connectivity index (χ4n) is 3.47. The second-order valence-electron chi connectivity index (χ2n) is 9.12. The van der Waals surface area contributed by atoms with Gasteiger partial charge in [0.2, 0.25) is 0 Å². The molecule has 0 aromatic heterocycles. The first kappa shape index (κ1) is 23.6. The molecule has 0 radical (unpaired) electrons. The summed E-state index contributed by atoms with van der Waals surface area (Å²) < 4.78 is 0. The number of benzene rings is 3. The molecule has 0 saturated carbocycles. The van der Waals surface area contributed by atoms with Gasteiger partial charge in [-0.25, -0.2) is 4.79 Å². The maximum absolute atomic E-state index is 12.6. The topological polar surface area (TPSA) is 74.6 Å². The van der Waals surface area contributed by atoms with Crippen LogP contribution in [0.1, 0.15) is 59.0 Å². The van der Waals surface area contributed by atoms with Crippen LogP contribution in [0.15, 0.2) is 65.6 Å². The van der Waals surface area contributed by atoms with Crippen molar-refractivity contribution < 1.29 is 19.8 Å². The van der Waals surface area contributed by atoms with E-state index in [-0.39, 0.29) is 22.5 Å². The number of Topliss-reactive ketones (excluding diaryl/α,β-unsaturated/α-hetero) is 1. The highest BCUT2D eigenvalue weighted by atomic mass is 32.2. The van der Waals surface area contributed by atoms with Gasteiger partial charge in [0.1, 0.15) is 5.75 Å². The van der Waals surface area contributed by atoms with Crippen LogP contribution in [0.25, 0.3) is 11.1 Å². The number of thioether (sulfide) groups is 1. The van der Waals surface area contributed by atoms with Crippen LogP contribution in [-0.4, -0.2) is 22.0 Å². The van der Waals surface area contributed by atoms with E-state index in [0.29, 0.717) is 23.3 Å². The Kier molecular flexibility index (Phi) is 7.09. The number of carbonyl (C=O) groups excluding carboxylic acids is 1. The largest absolute Gasteiger partial charge is 0.507 e. The molecule has 3 rings (SSSR count). The van der Waals surface area contributed by atoms with E-state index < -0.39 is 5.97 Å². The van der Waals surface area contributed by atoms with Gasteiger partial charge in [-0.15, -0.1) is 11.8 Å². The average Bonchev–Trinajstić information content (AvgIpc) is 2.73. The Morgan fingerprint density at radius 3 is 2.25 bits per heavy atom. The first-order chi connectivity index (χ1) is 15.0. The molecule has 0 spiro atoms. The number of aromatic carboxylic acids is 1. The van der Waals surface area contributed by atoms with E-state index in [1.54, 1.807) is 36.0 Å². The molecule has 0 bridgehead atoms. The van der Waals surface area contributed by atoms with Gasteiger partial charge in [0, 0.05) is 22.6 Å². The third-order valence-electron chi connectivity index (χ3n) is 5.14. The molecule has 0 amide bonds. The molecular weight excluding hydrogens is 420 g/mol. The average molecular weight is 449 g/mol.